The van der Waals surface area contributed by atoms with Gasteiger partial charge >= 0.3 is 0 Å². The zero-order chi connectivity index (χ0) is 92.9. The minimum atomic E-state index is -2.14. The SMILES string of the molecule is C[Si]1(C)c2ccccc2-c2c(-c3ccccc3)nc(-c3ccc4c(c3)c3ccccc3n4-c3ccc(-c4ccccc4)cc3)nc21.C[Si]1(C)c2ccccc2-c2c(-c3ccccc3)nc(-c3ccc4c(c3)c3ccccc3n4-c3cccc(-c4ccccc4)c3)nc21.C[Si]1(C)c2ccccc2-c2c(-n3c4ccccc4c4ccccc43)nc(-c3ccc4c5ccccc5n(-c5ccccc5)c4c3)nc21. The third-order valence-corrected chi connectivity index (χ3v) is 39.2. The van der Waals surface area contributed by atoms with Gasteiger partial charge in [-0.05, 0) is 164 Å². The quantitative estimate of drug-likeness (QED) is 0.120. The number of rotatable bonds is 11. The topological polar surface area (TPSA) is 97.1 Å². The third-order valence-electron chi connectivity index (χ3n) is 29.2. The highest BCUT2D eigenvalue weighted by Gasteiger charge is 2.45. The Kier molecular flexibility index (Phi) is 19.4. The molecule has 13 heteroatoms. The molecule has 10 heterocycles. The Hall–Kier alpha value is -16.9. The molecule has 3 aliphatic heterocycles. The maximum atomic E-state index is 5.55. The summed E-state index contributed by atoms with van der Waals surface area (Å²) in [5.74, 6) is 3.30. The van der Waals surface area contributed by atoms with Gasteiger partial charge in [-0.15, -0.1) is 0 Å². The molecule has 0 aliphatic carbocycles. The van der Waals surface area contributed by atoms with Crippen molar-refractivity contribution >= 4 is 143 Å². The van der Waals surface area contributed by atoms with Crippen LogP contribution in [0.2, 0.25) is 39.3 Å². The Labute approximate surface area is 808 Å². The second-order valence-corrected chi connectivity index (χ2v) is 51.2. The van der Waals surface area contributed by atoms with Crippen LogP contribution in [-0.2, 0) is 0 Å². The van der Waals surface area contributed by atoms with Gasteiger partial charge in [-0.2, -0.15) is 0 Å². The molecule has 0 saturated carbocycles. The van der Waals surface area contributed by atoms with Crippen molar-refractivity contribution in [1.82, 2.24) is 48.2 Å². The van der Waals surface area contributed by atoms with Crippen LogP contribution in [0, 0.1) is 0 Å². The van der Waals surface area contributed by atoms with Crippen molar-refractivity contribution in [1.29, 1.82) is 0 Å². The molecule has 7 aromatic heterocycles. The van der Waals surface area contributed by atoms with E-state index in [0.717, 1.165) is 96.1 Å². The van der Waals surface area contributed by atoms with Crippen molar-refractivity contribution in [3.05, 3.63) is 449 Å². The van der Waals surface area contributed by atoms with E-state index in [9.17, 15) is 0 Å². The number of aromatic nitrogens is 10. The number of benzene rings is 18. The van der Waals surface area contributed by atoms with Crippen molar-refractivity contribution in [3.63, 3.8) is 0 Å². The van der Waals surface area contributed by atoms with Gasteiger partial charge in [0.25, 0.3) is 0 Å². The fourth-order valence-electron chi connectivity index (χ4n) is 22.6. The summed E-state index contributed by atoms with van der Waals surface area (Å²) in [6, 6.07) is 161. The lowest BCUT2D eigenvalue weighted by atomic mass is 10.0. The average Bonchev–Trinajstić information content (AvgIpc) is 1.56. The second kappa shape index (κ2) is 32.7. The Morgan fingerprint density at radius 2 is 0.460 bits per heavy atom. The Bertz CT molecular complexity index is 9230. The summed E-state index contributed by atoms with van der Waals surface area (Å²) >= 11 is 0. The fourth-order valence-corrected chi connectivity index (χ4v) is 31.3. The molecule has 3 aliphatic rings. The lowest BCUT2D eigenvalue weighted by Crippen LogP contribution is -2.51. The van der Waals surface area contributed by atoms with E-state index in [1.165, 1.54) is 158 Å². The van der Waals surface area contributed by atoms with Crippen molar-refractivity contribution in [2.24, 2.45) is 0 Å². The van der Waals surface area contributed by atoms with Crippen LogP contribution < -0.4 is 31.5 Å². The summed E-state index contributed by atoms with van der Waals surface area (Å²) in [5, 5.41) is 17.7. The van der Waals surface area contributed by atoms with Gasteiger partial charge in [-0.1, -0.05) is 379 Å². The molecule has 25 aromatic rings. The average molecular weight is 1830 g/mol. The highest BCUT2D eigenvalue weighted by Crippen LogP contribution is 2.46. The smallest absolute Gasteiger partial charge is 0.161 e. The van der Waals surface area contributed by atoms with E-state index in [1.54, 1.807) is 0 Å². The Morgan fingerprint density at radius 1 is 0.173 bits per heavy atom. The predicted molar refractivity (Wildman–Crippen MR) is 588 cm³/mol. The van der Waals surface area contributed by atoms with Crippen molar-refractivity contribution < 1.29 is 0 Å². The Morgan fingerprint density at radius 3 is 0.914 bits per heavy atom. The van der Waals surface area contributed by atoms with E-state index in [2.05, 4.69) is 506 Å². The highest BCUT2D eigenvalue weighted by atomic mass is 28.3. The van der Waals surface area contributed by atoms with Gasteiger partial charge in [-0.3, -0.25) is 4.57 Å². The third kappa shape index (κ3) is 13.4. The zero-order valence-electron chi connectivity index (χ0n) is 77.7. The number of hydrogen-bond acceptors (Lipinski definition) is 6. The summed E-state index contributed by atoms with van der Waals surface area (Å²) in [6.45, 7) is 14.5. The summed E-state index contributed by atoms with van der Waals surface area (Å²) in [5.41, 5.74) is 32.4. The standard InChI is InChI=1S/C42H30N4Si.2C42H31N3Si/c1-47(2)38-23-13-9-19-33(38)39-41(46-35-21-11-7-16-29(35)30-17-8-12-22-36(30)46)43-40(44-42(39)47)27-24-25-32-31-18-6-10-20-34(31)45(37(32)26-27)28-14-4-3-5-15-28;1-46(2)38-23-12-10-21-34(38)39-40(29-16-7-4-8-17-29)43-41(44-42(39)46)31-24-25-37-35(27-31)33-20-9-11-22-36(33)45(37)32-19-13-18-30(26-32)28-14-5-3-6-15-28;1-46(2)38-20-12-10-18-34(38)39-40(30-15-7-4-8-16-30)43-41(44-42(39)46)31-23-26-37-35(27-31)33-17-9-11-19-36(33)45(37)32-24-21-29(22-25-32)28-13-5-3-6-14-28/h3-26H,1-2H3;2*3-27H,1-2H3. The zero-order valence-corrected chi connectivity index (χ0v) is 80.7. The van der Waals surface area contributed by atoms with Gasteiger partial charge in [0, 0.05) is 121 Å². The molecule has 0 N–H and O–H groups in total. The molecule has 0 amide bonds. The van der Waals surface area contributed by atoms with Gasteiger partial charge in [0.2, 0.25) is 0 Å². The molecule has 0 saturated heterocycles. The first-order valence-electron chi connectivity index (χ1n) is 47.9. The van der Waals surface area contributed by atoms with Crippen LogP contribution in [0.25, 0.3) is 222 Å². The molecule has 0 atom stereocenters. The van der Waals surface area contributed by atoms with Gasteiger partial charge < -0.3 is 13.7 Å². The van der Waals surface area contributed by atoms with Crippen molar-refractivity contribution in [2.75, 3.05) is 0 Å². The van der Waals surface area contributed by atoms with Crippen LogP contribution in [0.1, 0.15) is 0 Å². The first-order chi connectivity index (χ1) is 68.2. The largest absolute Gasteiger partial charge is 0.309 e. The molecule has 0 fully saturated rings. The van der Waals surface area contributed by atoms with Crippen LogP contribution >= 0.6 is 0 Å². The molecule has 0 bridgehead atoms. The van der Waals surface area contributed by atoms with E-state index in [-0.39, 0.29) is 0 Å². The van der Waals surface area contributed by atoms with E-state index < -0.39 is 24.2 Å². The van der Waals surface area contributed by atoms with Crippen LogP contribution in [-0.4, -0.2) is 72.4 Å². The van der Waals surface area contributed by atoms with Gasteiger partial charge in [0.1, 0.15) is 30.0 Å². The number of hydrogen-bond donors (Lipinski definition) is 0. The lowest BCUT2D eigenvalue weighted by molar-refractivity contribution is 1.06. The maximum absolute atomic E-state index is 5.55. The van der Waals surface area contributed by atoms with E-state index in [0.29, 0.717) is 0 Å². The molecular weight excluding hydrogens is 1740 g/mol. The normalized spacial score (nSPS) is 13.3. The monoisotopic (exact) mass is 1830 g/mol. The summed E-state index contributed by atoms with van der Waals surface area (Å²) < 4.78 is 9.49. The Balaban J connectivity index is 0.000000108. The fraction of sp³-hybridized carbons (Fsp3) is 0.0476. The second-order valence-electron chi connectivity index (χ2n) is 38.4. The minimum absolute atomic E-state index is 0.765. The molecule has 10 nitrogen and oxygen atoms in total. The van der Waals surface area contributed by atoms with Gasteiger partial charge in [0.15, 0.2) is 17.5 Å². The molecule has 139 heavy (non-hydrogen) atoms. The summed E-state index contributed by atoms with van der Waals surface area (Å²) in [4.78, 5) is 32.6. The molecule has 0 spiro atoms. The summed E-state index contributed by atoms with van der Waals surface area (Å²) in [7, 11) is -6.21. The summed E-state index contributed by atoms with van der Waals surface area (Å²) in [6.07, 6.45) is 0. The van der Waals surface area contributed by atoms with Crippen molar-refractivity contribution in [2.45, 2.75) is 39.3 Å². The van der Waals surface area contributed by atoms with E-state index in [1.807, 2.05) is 0 Å². The first-order valence-corrected chi connectivity index (χ1v) is 56.9. The van der Waals surface area contributed by atoms with Crippen LogP contribution in [0.3, 0.4) is 0 Å². The lowest BCUT2D eigenvalue weighted by Gasteiger charge is -2.19. The highest BCUT2D eigenvalue weighted by molar-refractivity contribution is 7.04. The van der Waals surface area contributed by atoms with Crippen LogP contribution in [0.5, 0.6) is 0 Å². The number of nitrogens with zero attached hydrogens (tertiary/aromatic N) is 10. The van der Waals surface area contributed by atoms with Crippen LogP contribution in [0.4, 0.5) is 0 Å². The van der Waals surface area contributed by atoms with E-state index in [4.69, 9.17) is 29.9 Å². The minimum Gasteiger partial charge on any atom is -0.309 e. The van der Waals surface area contributed by atoms with Gasteiger partial charge in [0.05, 0.1) is 55.5 Å². The molecule has 0 unspecified atom stereocenters. The molecular formula is C126H92N10Si3. The molecule has 18 aromatic carbocycles. The van der Waals surface area contributed by atoms with E-state index >= 15 is 0 Å². The molecule has 0 radical (unpaired) electrons. The van der Waals surface area contributed by atoms with Gasteiger partial charge in [-0.25, -0.2) is 29.9 Å². The predicted octanol–water partition coefficient (Wildman–Crippen LogP) is 27.9. The number of fused-ring (bicyclic) bond motifs is 21. The number of para-hydroxylation sites is 6. The first kappa shape index (κ1) is 82.7. The maximum Gasteiger partial charge on any atom is 0.161 e. The van der Waals surface area contributed by atoms with Crippen LogP contribution in [0.15, 0.2) is 449 Å². The molecule has 28 rings (SSSR count). The van der Waals surface area contributed by atoms with Crippen molar-refractivity contribution in [3.8, 4) is 135 Å². The molecule has 658 valence electrons.